The zero-order valence-corrected chi connectivity index (χ0v) is 12.5. The molecule has 1 rings (SSSR count). The summed E-state index contributed by atoms with van der Waals surface area (Å²) in [7, 11) is 2.95. The zero-order valence-electron chi connectivity index (χ0n) is 9.49. The van der Waals surface area contributed by atoms with E-state index in [0.717, 1.165) is 39.0 Å². The van der Waals surface area contributed by atoms with Gasteiger partial charge in [-0.1, -0.05) is 0 Å². The molecule has 0 aromatic carbocycles. The Hall–Kier alpha value is 0.470. The molecular weight excluding hydrogens is 341 g/mol. The Morgan fingerprint density at radius 3 is 2.75 bits per heavy atom. The summed E-state index contributed by atoms with van der Waals surface area (Å²) in [6.07, 6.45) is 3.28. The minimum absolute atomic E-state index is 0.111. The number of piperidine rings is 1. The van der Waals surface area contributed by atoms with Gasteiger partial charge in [0.2, 0.25) is 5.91 Å². The minimum atomic E-state index is 0.111. The van der Waals surface area contributed by atoms with Gasteiger partial charge >= 0.3 is 0 Å². The number of methoxy groups -OCH3 is 1. The van der Waals surface area contributed by atoms with E-state index < -0.39 is 0 Å². The first-order chi connectivity index (χ1) is 7.77. The topological polar surface area (TPSA) is 38.8 Å². The van der Waals surface area contributed by atoms with Crippen LogP contribution >= 0.6 is 30.4 Å². The molecule has 1 aliphatic heterocycles. The van der Waals surface area contributed by atoms with Gasteiger partial charge < -0.3 is 13.8 Å². The molecule has 0 bridgehead atoms. The van der Waals surface area contributed by atoms with Crippen LogP contribution in [0.2, 0.25) is 0 Å². The smallest absolute Gasteiger partial charge is 0.248 e. The molecule has 6 heteroatoms. The van der Waals surface area contributed by atoms with Crippen molar-refractivity contribution >= 4 is 36.3 Å². The van der Waals surface area contributed by atoms with E-state index in [1.807, 2.05) is 4.90 Å². The van der Waals surface area contributed by atoms with Crippen LogP contribution in [0.15, 0.2) is 0 Å². The summed E-state index contributed by atoms with van der Waals surface area (Å²) in [4.78, 5) is 13.4. The van der Waals surface area contributed by atoms with E-state index >= 15 is 0 Å². The second-order valence-corrected chi connectivity index (χ2v) is 5.37. The van der Waals surface area contributed by atoms with Gasteiger partial charge in [0.25, 0.3) is 0 Å². The molecule has 0 saturated carbocycles. The highest BCUT2D eigenvalue weighted by molar-refractivity contribution is 14.2. The molecule has 94 valence electrons. The largest absolute Gasteiger partial charge is 0.375 e. The summed E-state index contributed by atoms with van der Waals surface area (Å²) in [6, 6.07) is 0. The van der Waals surface area contributed by atoms with Gasteiger partial charge in [-0.25, -0.2) is 0 Å². The fourth-order valence-corrected chi connectivity index (χ4v) is 2.63. The maximum atomic E-state index is 11.5. The van der Waals surface area contributed by atoms with E-state index in [1.165, 1.54) is 9.21 Å². The van der Waals surface area contributed by atoms with Crippen molar-refractivity contribution < 1.29 is 13.7 Å². The van der Waals surface area contributed by atoms with Crippen molar-refractivity contribution in [2.24, 2.45) is 5.92 Å². The van der Waals surface area contributed by atoms with Crippen LogP contribution in [0, 0.1) is 5.92 Å². The molecule has 0 spiro atoms. The Bertz CT molecular complexity index is 210. The average molecular weight is 359 g/mol. The third-order valence-electron chi connectivity index (χ3n) is 2.89. The molecule has 1 heterocycles. The molecule has 4 nitrogen and oxygen atoms in total. The normalized spacial score (nSPS) is 17.8. The van der Waals surface area contributed by atoms with Crippen LogP contribution in [-0.2, 0) is 13.7 Å². The van der Waals surface area contributed by atoms with Crippen LogP contribution in [0.5, 0.6) is 0 Å². The van der Waals surface area contributed by atoms with Gasteiger partial charge in [-0.3, -0.25) is 4.79 Å². The second-order valence-electron chi connectivity index (χ2n) is 3.93. The quantitative estimate of drug-likeness (QED) is 0.414. The Kier molecular flexibility index (Phi) is 7.76. The predicted octanol–water partition coefficient (Wildman–Crippen LogP) is 2.28. The third kappa shape index (κ3) is 5.20. The lowest BCUT2D eigenvalue weighted by Crippen LogP contribution is -2.40. The minimum Gasteiger partial charge on any atom is -0.375 e. The summed E-state index contributed by atoms with van der Waals surface area (Å²) in [5, 5.41) is 0. The van der Waals surface area contributed by atoms with Crippen LogP contribution < -0.4 is 0 Å². The molecule has 1 saturated heterocycles. The standard InChI is InChI=1S/C10H18INO3S/c1-14-8-10(13)12-5-2-9(3-6-12)4-7-15-16-11/h9H,2-8H2,1H3. The number of amides is 1. The first kappa shape index (κ1) is 14.5. The SMILES string of the molecule is COCC(=O)N1CCC(CCOSI)CC1. The van der Waals surface area contributed by atoms with Crippen LogP contribution in [0.4, 0.5) is 0 Å². The van der Waals surface area contributed by atoms with Gasteiger partial charge in [-0.15, -0.1) is 0 Å². The van der Waals surface area contributed by atoms with E-state index in [2.05, 4.69) is 21.2 Å². The van der Waals surface area contributed by atoms with Crippen molar-refractivity contribution in [3.63, 3.8) is 0 Å². The summed E-state index contributed by atoms with van der Waals surface area (Å²) >= 11 is 2.13. The fraction of sp³-hybridized carbons (Fsp3) is 0.900. The van der Waals surface area contributed by atoms with E-state index in [0.29, 0.717) is 5.92 Å². The third-order valence-corrected chi connectivity index (χ3v) is 3.91. The molecule has 0 aromatic rings. The number of halogens is 1. The summed E-state index contributed by atoms with van der Waals surface area (Å²) < 4.78 is 10.1. The molecule has 1 fully saturated rings. The molecule has 1 aliphatic rings. The number of hydrogen-bond acceptors (Lipinski definition) is 4. The number of likely N-dealkylation sites (tertiary alicyclic amines) is 1. The maximum absolute atomic E-state index is 11.5. The molecular formula is C10H18INO3S. The molecule has 1 amide bonds. The van der Waals surface area contributed by atoms with Gasteiger partial charge in [0.15, 0.2) is 0 Å². The number of carbonyl (C=O) groups excluding carboxylic acids is 1. The van der Waals surface area contributed by atoms with Gasteiger partial charge in [0, 0.05) is 41.4 Å². The van der Waals surface area contributed by atoms with E-state index in [4.69, 9.17) is 8.92 Å². The Balaban J connectivity index is 2.15. The van der Waals surface area contributed by atoms with Crippen molar-refractivity contribution in [2.45, 2.75) is 19.3 Å². The second kappa shape index (κ2) is 8.54. The van der Waals surface area contributed by atoms with Crippen molar-refractivity contribution in [2.75, 3.05) is 33.4 Å². The van der Waals surface area contributed by atoms with Crippen molar-refractivity contribution in [3.05, 3.63) is 0 Å². The van der Waals surface area contributed by atoms with Gasteiger partial charge in [0.05, 0.1) is 15.8 Å². The first-order valence-electron chi connectivity index (χ1n) is 5.45. The van der Waals surface area contributed by atoms with Crippen molar-refractivity contribution in [1.82, 2.24) is 4.90 Å². The Morgan fingerprint density at radius 1 is 1.50 bits per heavy atom. The molecule has 0 aromatic heterocycles. The molecule has 0 N–H and O–H groups in total. The molecule has 16 heavy (non-hydrogen) atoms. The number of hydrogen-bond donors (Lipinski definition) is 0. The zero-order chi connectivity index (χ0) is 11.8. The molecule has 0 atom stereocenters. The van der Waals surface area contributed by atoms with Crippen LogP contribution in [0.3, 0.4) is 0 Å². The Morgan fingerprint density at radius 2 is 2.19 bits per heavy atom. The van der Waals surface area contributed by atoms with Crippen LogP contribution in [0.25, 0.3) is 0 Å². The van der Waals surface area contributed by atoms with Gasteiger partial charge in [-0.05, 0) is 25.2 Å². The monoisotopic (exact) mass is 359 g/mol. The maximum Gasteiger partial charge on any atom is 0.248 e. The number of rotatable bonds is 6. The van der Waals surface area contributed by atoms with Gasteiger partial charge in [-0.2, -0.15) is 0 Å². The lowest BCUT2D eigenvalue weighted by Gasteiger charge is -2.31. The molecule has 0 aliphatic carbocycles. The number of ether oxygens (including phenoxy) is 1. The summed E-state index contributed by atoms with van der Waals surface area (Å²) in [6.45, 7) is 2.75. The van der Waals surface area contributed by atoms with E-state index in [9.17, 15) is 4.79 Å². The van der Waals surface area contributed by atoms with E-state index in [1.54, 1.807) is 7.11 Å². The predicted molar refractivity (Wildman–Crippen MR) is 73.4 cm³/mol. The fourth-order valence-electron chi connectivity index (χ4n) is 1.93. The van der Waals surface area contributed by atoms with Crippen LogP contribution in [-0.4, -0.2) is 44.2 Å². The van der Waals surface area contributed by atoms with E-state index in [-0.39, 0.29) is 12.5 Å². The number of nitrogens with zero attached hydrogens (tertiary/aromatic N) is 1. The highest BCUT2D eigenvalue weighted by Gasteiger charge is 2.22. The van der Waals surface area contributed by atoms with Crippen molar-refractivity contribution in [3.8, 4) is 0 Å². The summed E-state index contributed by atoms with van der Waals surface area (Å²) in [5.74, 6) is 0.815. The lowest BCUT2D eigenvalue weighted by atomic mass is 9.94. The summed E-state index contributed by atoms with van der Waals surface area (Å²) in [5.41, 5.74) is 0. The number of carbonyl (C=O) groups is 1. The highest BCUT2D eigenvalue weighted by Crippen LogP contribution is 2.22. The highest BCUT2D eigenvalue weighted by atomic mass is 127. The average Bonchev–Trinajstić information content (AvgIpc) is 2.30. The van der Waals surface area contributed by atoms with Crippen LogP contribution in [0.1, 0.15) is 19.3 Å². The first-order valence-corrected chi connectivity index (χ1v) is 8.73. The molecule has 0 radical (unpaired) electrons. The lowest BCUT2D eigenvalue weighted by molar-refractivity contribution is -0.136. The molecule has 0 unspecified atom stereocenters. The Labute approximate surface area is 113 Å². The van der Waals surface area contributed by atoms with Crippen molar-refractivity contribution in [1.29, 1.82) is 0 Å². The van der Waals surface area contributed by atoms with Gasteiger partial charge in [0.1, 0.15) is 6.61 Å².